The van der Waals surface area contributed by atoms with Crippen molar-refractivity contribution in [3.8, 4) is 0 Å². The number of rotatable bonds is 3. The minimum absolute atomic E-state index is 0.0834. The summed E-state index contributed by atoms with van der Waals surface area (Å²) in [4.78, 5) is 15.9. The van der Waals surface area contributed by atoms with Crippen LogP contribution in [0.2, 0.25) is 0 Å². The molecule has 0 atom stereocenters. The first-order valence-corrected chi connectivity index (χ1v) is 6.30. The Morgan fingerprint density at radius 2 is 2.10 bits per heavy atom. The summed E-state index contributed by atoms with van der Waals surface area (Å²) in [6, 6.07) is 6.02. The topological polar surface area (TPSA) is 46.9 Å². The van der Waals surface area contributed by atoms with Gasteiger partial charge < -0.3 is 9.88 Å². The monoisotopic (exact) mass is 347 g/mol. The molecule has 2 rings (SSSR count). The van der Waals surface area contributed by atoms with E-state index in [1.807, 2.05) is 0 Å². The normalized spacial score (nSPS) is 11.4. The third kappa shape index (κ3) is 3.60. The molecule has 0 aliphatic rings. The molecule has 0 bridgehead atoms. The molecule has 8 heteroatoms. The highest BCUT2D eigenvalue weighted by atomic mass is 79.9. The molecule has 0 spiro atoms. The van der Waals surface area contributed by atoms with Crippen LogP contribution in [0.15, 0.2) is 41.1 Å². The van der Waals surface area contributed by atoms with Gasteiger partial charge in [-0.25, -0.2) is 4.98 Å². The highest BCUT2D eigenvalue weighted by Gasteiger charge is 2.29. The van der Waals surface area contributed by atoms with Crippen molar-refractivity contribution in [2.45, 2.75) is 12.7 Å². The lowest BCUT2D eigenvalue weighted by atomic mass is 10.3. The number of pyridine rings is 1. The van der Waals surface area contributed by atoms with Crippen LogP contribution in [-0.2, 0) is 6.54 Å². The maximum absolute atomic E-state index is 12.4. The zero-order valence-electron chi connectivity index (χ0n) is 9.99. The van der Waals surface area contributed by atoms with Gasteiger partial charge >= 0.3 is 6.18 Å². The average Bonchev–Trinajstić information content (AvgIpc) is 2.77. The zero-order valence-corrected chi connectivity index (χ0v) is 11.6. The molecule has 0 fully saturated rings. The molecule has 0 aromatic carbocycles. The second kappa shape index (κ2) is 5.66. The number of carbonyl (C=O) groups excluding carboxylic acids is 1. The summed E-state index contributed by atoms with van der Waals surface area (Å²) in [6.45, 7) is -1.22. The Balaban J connectivity index is 2.19. The van der Waals surface area contributed by atoms with Crippen molar-refractivity contribution < 1.29 is 18.0 Å². The van der Waals surface area contributed by atoms with Crippen molar-refractivity contribution in [3.63, 3.8) is 0 Å². The molecule has 2 aromatic heterocycles. The lowest BCUT2D eigenvalue weighted by Crippen LogP contribution is -2.23. The number of alkyl halides is 3. The van der Waals surface area contributed by atoms with Crippen molar-refractivity contribution in [2.75, 3.05) is 5.32 Å². The molecule has 2 aromatic rings. The van der Waals surface area contributed by atoms with Crippen molar-refractivity contribution in [2.24, 2.45) is 0 Å². The maximum atomic E-state index is 12.4. The van der Waals surface area contributed by atoms with E-state index in [-0.39, 0.29) is 11.5 Å². The number of halogens is 4. The van der Waals surface area contributed by atoms with Crippen LogP contribution in [-0.4, -0.2) is 21.6 Å². The fourth-order valence-corrected chi connectivity index (χ4v) is 1.95. The molecular formula is C12H9BrF3N3O. The molecule has 106 valence electrons. The molecule has 0 radical (unpaired) electrons. The predicted octanol–water partition coefficient (Wildman–Crippen LogP) is 3.46. The molecular weight excluding hydrogens is 339 g/mol. The first-order chi connectivity index (χ1) is 9.37. The highest BCUT2D eigenvalue weighted by molar-refractivity contribution is 9.10. The zero-order chi connectivity index (χ0) is 14.8. The number of anilines is 1. The van der Waals surface area contributed by atoms with Gasteiger partial charge in [-0.1, -0.05) is 0 Å². The van der Waals surface area contributed by atoms with E-state index in [1.54, 1.807) is 12.1 Å². The third-order valence-corrected chi connectivity index (χ3v) is 3.04. The number of hydrogen-bond acceptors (Lipinski definition) is 2. The van der Waals surface area contributed by atoms with Crippen molar-refractivity contribution in [3.05, 3.63) is 46.8 Å². The van der Waals surface area contributed by atoms with E-state index >= 15 is 0 Å². The molecule has 0 aliphatic heterocycles. The van der Waals surface area contributed by atoms with Gasteiger partial charge in [-0.2, -0.15) is 13.2 Å². The van der Waals surface area contributed by atoms with E-state index in [0.29, 0.717) is 4.47 Å². The van der Waals surface area contributed by atoms with Crippen molar-refractivity contribution in [1.29, 1.82) is 0 Å². The highest BCUT2D eigenvalue weighted by Crippen LogP contribution is 2.21. The fraction of sp³-hybridized carbons (Fsp3) is 0.167. The molecule has 1 amide bonds. The van der Waals surface area contributed by atoms with Gasteiger partial charge in [0.15, 0.2) is 0 Å². The summed E-state index contributed by atoms with van der Waals surface area (Å²) in [5.74, 6) is -0.407. The molecule has 20 heavy (non-hydrogen) atoms. The van der Waals surface area contributed by atoms with Crippen LogP contribution in [0.1, 0.15) is 10.5 Å². The smallest absolute Gasteiger partial charge is 0.334 e. The minimum Gasteiger partial charge on any atom is -0.334 e. The largest absolute Gasteiger partial charge is 0.406 e. The Hall–Kier alpha value is -1.83. The van der Waals surface area contributed by atoms with Gasteiger partial charge in [-0.3, -0.25) is 4.79 Å². The molecule has 0 unspecified atom stereocenters. The summed E-state index contributed by atoms with van der Waals surface area (Å²) < 4.78 is 38.5. The third-order valence-electron chi connectivity index (χ3n) is 2.40. The molecule has 0 aliphatic carbocycles. The summed E-state index contributed by atoms with van der Waals surface area (Å²) in [5, 5.41) is 2.45. The van der Waals surface area contributed by atoms with Gasteiger partial charge in [0.1, 0.15) is 18.1 Å². The van der Waals surface area contributed by atoms with Crippen LogP contribution in [0, 0.1) is 0 Å². The molecule has 1 N–H and O–H groups in total. The van der Waals surface area contributed by atoms with Gasteiger partial charge in [0.25, 0.3) is 5.91 Å². The van der Waals surface area contributed by atoms with Gasteiger partial charge in [0.05, 0.1) is 4.47 Å². The van der Waals surface area contributed by atoms with Gasteiger partial charge in [-0.15, -0.1) is 0 Å². The second-order valence-corrected chi connectivity index (χ2v) is 4.78. The number of aromatic nitrogens is 2. The van der Waals surface area contributed by atoms with Crippen LogP contribution in [0.5, 0.6) is 0 Å². The Kier molecular flexibility index (Phi) is 4.12. The predicted molar refractivity (Wildman–Crippen MR) is 70.4 cm³/mol. The van der Waals surface area contributed by atoms with E-state index in [2.05, 4.69) is 26.2 Å². The Morgan fingerprint density at radius 1 is 1.35 bits per heavy atom. The maximum Gasteiger partial charge on any atom is 0.406 e. The number of hydrogen-bond donors (Lipinski definition) is 1. The van der Waals surface area contributed by atoms with Crippen LogP contribution < -0.4 is 5.32 Å². The lowest BCUT2D eigenvalue weighted by molar-refractivity contribution is -0.140. The molecule has 2 heterocycles. The lowest BCUT2D eigenvalue weighted by Gasteiger charge is -2.12. The van der Waals surface area contributed by atoms with Gasteiger partial charge in [-0.05, 0) is 40.2 Å². The number of nitrogens with zero attached hydrogens (tertiary/aromatic N) is 2. The number of amides is 1. The number of carbonyl (C=O) groups is 1. The van der Waals surface area contributed by atoms with Crippen molar-refractivity contribution in [1.82, 2.24) is 9.55 Å². The van der Waals surface area contributed by atoms with Crippen LogP contribution in [0.25, 0.3) is 0 Å². The average molecular weight is 348 g/mol. The fourth-order valence-electron chi connectivity index (χ4n) is 1.60. The SMILES string of the molecule is O=C(Nc1ncccc1Br)c1cccn1CC(F)(F)F. The van der Waals surface area contributed by atoms with E-state index in [9.17, 15) is 18.0 Å². The first kappa shape index (κ1) is 14.6. The second-order valence-electron chi connectivity index (χ2n) is 3.92. The van der Waals surface area contributed by atoms with Gasteiger partial charge in [0.2, 0.25) is 0 Å². The minimum atomic E-state index is -4.39. The van der Waals surface area contributed by atoms with Crippen molar-refractivity contribution >= 4 is 27.7 Å². The Bertz CT molecular complexity index is 624. The quantitative estimate of drug-likeness (QED) is 0.924. The van der Waals surface area contributed by atoms with Gasteiger partial charge in [0, 0.05) is 12.4 Å². The molecule has 0 saturated carbocycles. The van der Waals surface area contributed by atoms with Crippen LogP contribution in [0.4, 0.5) is 19.0 Å². The summed E-state index contributed by atoms with van der Waals surface area (Å²) >= 11 is 3.19. The van der Waals surface area contributed by atoms with Crippen LogP contribution in [0.3, 0.4) is 0 Å². The Morgan fingerprint density at radius 3 is 2.75 bits per heavy atom. The summed E-state index contributed by atoms with van der Waals surface area (Å²) in [6.07, 6.45) is -1.72. The standard InChI is InChI=1S/C12H9BrF3N3O/c13-8-3-1-5-17-10(8)18-11(20)9-4-2-6-19(9)7-12(14,15)16/h1-6H,7H2,(H,17,18,20). The Labute approximate surface area is 120 Å². The van der Waals surface area contributed by atoms with Crippen LogP contribution >= 0.6 is 15.9 Å². The van der Waals surface area contributed by atoms with E-state index < -0.39 is 18.6 Å². The summed E-state index contributed by atoms with van der Waals surface area (Å²) in [5.41, 5.74) is -0.0834. The van der Waals surface area contributed by atoms with E-state index in [0.717, 1.165) is 4.57 Å². The van der Waals surface area contributed by atoms with E-state index in [4.69, 9.17) is 0 Å². The number of nitrogens with one attached hydrogen (secondary N) is 1. The summed E-state index contributed by atoms with van der Waals surface area (Å²) in [7, 11) is 0. The first-order valence-electron chi connectivity index (χ1n) is 5.50. The van der Waals surface area contributed by atoms with E-state index in [1.165, 1.54) is 24.5 Å². The molecule has 4 nitrogen and oxygen atoms in total. The molecule has 0 saturated heterocycles.